The lowest BCUT2D eigenvalue weighted by atomic mass is 9.97. The van der Waals surface area contributed by atoms with Crippen LogP contribution in [0.25, 0.3) is 0 Å². The van der Waals surface area contributed by atoms with E-state index in [-0.39, 0.29) is 18.5 Å². The molecule has 116 valence electrons. The maximum Gasteiger partial charge on any atom is 0.313 e. The van der Waals surface area contributed by atoms with E-state index in [1.165, 1.54) is 0 Å². The molecule has 0 saturated heterocycles. The maximum atomic E-state index is 12.2. The Balaban J connectivity index is 1.61. The Morgan fingerprint density at radius 1 is 1.50 bits per heavy atom. The fourth-order valence-corrected chi connectivity index (χ4v) is 2.42. The number of ether oxygens (including phenoxy) is 3. The predicted molar refractivity (Wildman–Crippen MR) is 78.7 cm³/mol. The van der Waals surface area contributed by atoms with Gasteiger partial charge < -0.3 is 18.8 Å². The molecule has 0 saturated carbocycles. The highest BCUT2D eigenvalue weighted by Gasteiger charge is 2.27. The first kappa shape index (κ1) is 14.4. The summed E-state index contributed by atoms with van der Waals surface area (Å²) in [5.41, 5.74) is 0.992. The van der Waals surface area contributed by atoms with Gasteiger partial charge in [-0.2, -0.15) is 0 Å². The van der Waals surface area contributed by atoms with Crippen LogP contribution >= 0.6 is 0 Å². The summed E-state index contributed by atoms with van der Waals surface area (Å²) in [6.45, 7) is 0.494. The van der Waals surface area contributed by atoms with Gasteiger partial charge in [0, 0.05) is 25.5 Å². The Kier molecular flexibility index (Phi) is 4.00. The van der Waals surface area contributed by atoms with Gasteiger partial charge in [0.15, 0.2) is 0 Å². The largest absolute Gasteiger partial charge is 0.497 e. The van der Waals surface area contributed by atoms with Crippen molar-refractivity contribution < 1.29 is 19.0 Å². The minimum Gasteiger partial charge on any atom is -0.497 e. The van der Waals surface area contributed by atoms with Gasteiger partial charge in [-0.3, -0.25) is 4.79 Å². The number of fused-ring (bicyclic) bond motifs is 1. The molecular formula is C16H18N2O4. The van der Waals surface area contributed by atoms with Crippen LogP contribution in [-0.4, -0.2) is 29.2 Å². The molecule has 0 bridgehead atoms. The van der Waals surface area contributed by atoms with Crippen LogP contribution in [0.5, 0.6) is 11.5 Å². The Labute approximate surface area is 128 Å². The first-order valence-electron chi connectivity index (χ1n) is 7.10. The van der Waals surface area contributed by atoms with Gasteiger partial charge in [-0.15, -0.1) is 0 Å². The number of methoxy groups -OCH3 is 1. The van der Waals surface area contributed by atoms with Crippen molar-refractivity contribution in [3.05, 3.63) is 42.0 Å². The monoisotopic (exact) mass is 302 g/mol. The van der Waals surface area contributed by atoms with Crippen LogP contribution in [0.15, 0.2) is 30.6 Å². The predicted octanol–water partition coefficient (Wildman–Crippen LogP) is 1.72. The summed E-state index contributed by atoms with van der Waals surface area (Å²) in [5, 5.41) is 0. The van der Waals surface area contributed by atoms with E-state index in [0.29, 0.717) is 13.0 Å². The lowest BCUT2D eigenvalue weighted by Crippen LogP contribution is -2.29. The summed E-state index contributed by atoms with van der Waals surface area (Å²) in [6, 6.07) is 5.63. The molecule has 0 radical (unpaired) electrons. The highest BCUT2D eigenvalue weighted by atomic mass is 16.5. The summed E-state index contributed by atoms with van der Waals surface area (Å²) < 4.78 is 18.0. The number of aryl methyl sites for hydroxylation is 1. The summed E-state index contributed by atoms with van der Waals surface area (Å²) in [6.07, 6.45) is 4.10. The number of benzene rings is 1. The molecule has 2 aromatic rings. The highest BCUT2D eigenvalue weighted by molar-refractivity contribution is 5.73. The summed E-state index contributed by atoms with van der Waals surface area (Å²) in [5.74, 6) is 1.68. The molecule has 3 rings (SSSR count). The van der Waals surface area contributed by atoms with Gasteiger partial charge in [0.2, 0.25) is 0 Å². The first-order valence-corrected chi connectivity index (χ1v) is 7.10. The van der Waals surface area contributed by atoms with E-state index in [0.717, 1.165) is 22.9 Å². The van der Waals surface area contributed by atoms with Crippen LogP contribution in [-0.2, 0) is 29.6 Å². The minimum atomic E-state index is -0.291. The zero-order valence-corrected chi connectivity index (χ0v) is 12.6. The van der Waals surface area contributed by atoms with E-state index in [1.54, 1.807) is 13.3 Å². The highest BCUT2D eigenvalue weighted by Crippen LogP contribution is 2.31. The molecule has 0 amide bonds. The second kappa shape index (κ2) is 6.09. The van der Waals surface area contributed by atoms with E-state index in [4.69, 9.17) is 14.2 Å². The van der Waals surface area contributed by atoms with Crippen molar-refractivity contribution in [2.45, 2.75) is 13.0 Å². The van der Waals surface area contributed by atoms with Gasteiger partial charge in [0.25, 0.3) is 0 Å². The Morgan fingerprint density at radius 2 is 2.36 bits per heavy atom. The number of hydrogen-bond donors (Lipinski definition) is 0. The lowest BCUT2D eigenvalue weighted by molar-refractivity contribution is -0.151. The molecule has 0 aliphatic carbocycles. The number of esters is 1. The van der Waals surface area contributed by atoms with Gasteiger partial charge >= 0.3 is 5.97 Å². The number of carbonyl (C=O) groups is 1. The number of rotatable bonds is 4. The third-order valence-corrected chi connectivity index (χ3v) is 3.78. The Hall–Kier alpha value is -2.50. The van der Waals surface area contributed by atoms with Gasteiger partial charge in [-0.1, -0.05) is 6.07 Å². The van der Waals surface area contributed by atoms with Gasteiger partial charge in [0.05, 0.1) is 13.0 Å². The standard InChI is InChI=1S/C16H18N2O4/c1-18-6-5-17-15(18)10-22-16(19)12-7-11-3-4-13(20-2)8-14(11)21-9-12/h3-6,8,12H,7,9-10H2,1-2H3/t12-/m0/s1. The van der Waals surface area contributed by atoms with E-state index in [1.807, 2.05) is 36.0 Å². The summed E-state index contributed by atoms with van der Waals surface area (Å²) in [4.78, 5) is 16.3. The molecule has 6 nitrogen and oxygen atoms in total. The van der Waals surface area contributed by atoms with Crippen LogP contribution < -0.4 is 9.47 Å². The van der Waals surface area contributed by atoms with Crippen molar-refractivity contribution >= 4 is 5.97 Å². The third kappa shape index (κ3) is 2.90. The number of nitrogens with zero attached hydrogens (tertiary/aromatic N) is 2. The van der Waals surface area contributed by atoms with Crippen molar-refractivity contribution in [1.29, 1.82) is 0 Å². The van der Waals surface area contributed by atoms with Gasteiger partial charge in [-0.05, 0) is 18.1 Å². The number of imidazole rings is 1. The molecular weight excluding hydrogens is 284 g/mol. The fraction of sp³-hybridized carbons (Fsp3) is 0.375. The van der Waals surface area contributed by atoms with Crippen LogP contribution in [0.3, 0.4) is 0 Å². The first-order chi connectivity index (χ1) is 10.7. The molecule has 6 heteroatoms. The third-order valence-electron chi connectivity index (χ3n) is 3.78. The normalized spacial score (nSPS) is 16.5. The quantitative estimate of drug-likeness (QED) is 0.805. The van der Waals surface area contributed by atoms with E-state index >= 15 is 0 Å². The van der Waals surface area contributed by atoms with Crippen molar-refractivity contribution in [2.24, 2.45) is 13.0 Å². The van der Waals surface area contributed by atoms with Crippen molar-refractivity contribution in [3.63, 3.8) is 0 Å². The van der Waals surface area contributed by atoms with Crippen molar-refractivity contribution in [2.75, 3.05) is 13.7 Å². The molecule has 0 unspecified atom stereocenters. The average molecular weight is 302 g/mol. The molecule has 1 aromatic carbocycles. The smallest absolute Gasteiger partial charge is 0.313 e. The van der Waals surface area contributed by atoms with Gasteiger partial charge in [-0.25, -0.2) is 4.98 Å². The van der Waals surface area contributed by atoms with Crippen molar-refractivity contribution in [1.82, 2.24) is 9.55 Å². The zero-order chi connectivity index (χ0) is 15.5. The number of aromatic nitrogens is 2. The average Bonchev–Trinajstić information content (AvgIpc) is 2.96. The van der Waals surface area contributed by atoms with Crippen LogP contribution in [0, 0.1) is 5.92 Å². The molecule has 1 atom stereocenters. The maximum absolute atomic E-state index is 12.2. The van der Waals surface area contributed by atoms with Crippen LogP contribution in [0.4, 0.5) is 0 Å². The molecule has 1 aromatic heterocycles. The van der Waals surface area contributed by atoms with Gasteiger partial charge in [0.1, 0.15) is 30.5 Å². The molecule has 0 N–H and O–H groups in total. The van der Waals surface area contributed by atoms with E-state index in [9.17, 15) is 4.79 Å². The second-order valence-electron chi connectivity index (χ2n) is 5.25. The number of carbonyl (C=O) groups excluding carboxylic acids is 1. The topological polar surface area (TPSA) is 62.6 Å². The van der Waals surface area contributed by atoms with Crippen LogP contribution in [0.2, 0.25) is 0 Å². The van der Waals surface area contributed by atoms with Crippen LogP contribution in [0.1, 0.15) is 11.4 Å². The summed E-state index contributed by atoms with van der Waals surface area (Å²) in [7, 11) is 3.48. The van der Waals surface area contributed by atoms with E-state index in [2.05, 4.69) is 4.98 Å². The molecule has 0 spiro atoms. The second-order valence-corrected chi connectivity index (χ2v) is 5.25. The Bertz CT molecular complexity index is 681. The van der Waals surface area contributed by atoms with Crippen molar-refractivity contribution in [3.8, 4) is 11.5 Å². The molecule has 1 aliphatic heterocycles. The molecule has 0 fully saturated rings. The number of hydrogen-bond acceptors (Lipinski definition) is 5. The lowest BCUT2D eigenvalue weighted by Gasteiger charge is -2.24. The SMILES string of the molecule is COc1ccc2c(c1)OC[C@@H](C(=O)OCc1nccn1C)C2. The molecule has 2 heterocycles. The Morgan fingerprint density at radius 3 is 3.09 bits per heavy atom. The fourth-order valence-electron chi connectivity index (χ4n) is 2.42. The molecule has 22 heavy (non-hydrogen) atoms. The van der Waals surface area contributed by atoms with E-state index < -0.39 is 0 Å². The zero-order valence-electron chi connectivity index (χ0n) is 12.6. The summed E-state index contributed by atoms with van der Waals surface area (Å²) >= 11 is 0. The minimum absolute atomic E-state index is 0.175. The molecule has 1 aliphatic rings.